The first-order valence-electron chi connectivity index (χ1n) is 5.52. The largest absolute Gasteiger partial charge is 0.480 e. The van der Waals surface area contributed by atoms with Crippen LogP contribution in [0.4, 0.5) is 4.79 Å². The SMILES string of the molecule is NC(=O)C[C@@H](NC(=O)NCCc1ncc[nH]1)C(=O)O. The van der Waals surface area contributed by atoms with Crippen molar-refractivity contribution in [1.29, 1.82) is 0 Å². The van der Waals surface area contributed by atoms with E-state index >= 15 is 0 Å². The molecule has 19 heavy (non-hydrogen) atoms. The number of aliphatic carboxylic acids is 1. The van der Waals surface area contributed by atoms with E-state index in [2.05, 4.69) is 20.6 Å². The zero-order chi connectivity index (χ0) is 14.3. The fraction of sp³-hybridized carbons (Fsp3) is 0.400. The number of H-pyrrole nitrogens is 1. The number of hydrogen-bond acceptors (Lipinski definition) is 4. The van der Waals surface area contributed by atoms with Crippen molar-refractivity contribution in [2.45, 2.75) is 18.9 Å². The molecule has 1 rings (SSSR count). The smallest absolute Gasteiger partial charge is 0.326 e. The lowest BCUT2D eigenvalue weighted by atomic mass is 10.2. The Balaban J connectivity index is 2.32. The summed E-state index contributed by atoms with van der Waals surface area (Å²) in [5.74, 6) is -1.42. The zero-order valence-electron chi connectivity index (χ0n) is 10.0. The summed E-state index contributed by atoms with van der Waals surface area (Å²) in [4.78, 5) is 39.6. The number of nitrogens with one attached hydrogen (secondary N) is 3. The molecule has 1 atom stereocenters. The van der Waals surface area contributed by atoms with Gasteiger partial charge < -0.3 is 26.5 Å². The normalized spacial score (nSPS) is 11.6. The van der Waals surface area contributed by atoms with Gasteiger partial charge in [0.2, 0.25) is 5.91 Å². The predicted octanol–water partition coefficient (Wildman–Crippen LogP) is -1.42. The molecule has 0 bridgehead atoms. The van der Waals surface area contributed by atoms with Crippen LogP contribution in [0.3, 0.4) is 0 Å². The standard InChI is InChI=1S/C10H15N5O4/c11-7(16)5-6(9(17)18)15-10(19)14-2-1-8-12-3-4-13-8/h3-4,6H,1-2,5H2,(H2,11,16)(H,12,13)(H,17,18)(H2,14,15,19)/t6-/m1/s1. The third kappa shape index (κ3) is 5.52. The van der Waals surface area contributed by atoms with Gasteiger partial charge >= 0.3 is 12.0 Å². The third-order valence-corrected chi connectivity index (χ3v) is 2.21. The Morgan fingerprint density at radius 3 is 2.74 bits per heavy atom. The maximum atomic E-state index is 11.4. The van der Waals surface area contributed by atoms with Crippen molar-refractivity contribution in [2.75, 3.05) is 6.54 Å². The van der Waals surface area contributed by atoms with Gasteiger partial charge in [-0.3, -0.25) is 4.79 Å². The molecule has 0 spiro atoms. The summed E-state index contributed by atoms with van der Waals surface area (Å²) in [6, 6.07) is -2.01. The highest BCUT2D eigenvalue weighted by atomic mass is 16.4. The Bertz CT molecular complexity index is 445. The third-order valence-electron chi connectivity index (χ3n) is 2.21. The van der Waals surface area contributed by atoms with Crippen molar-refractivity contribution >= 4 is 17.9 Å². The van der Waals surface area contributed by atoms with E-state index in [1.165, 1.54) is 0 Å². The number of hydrogen-bond donors (Lipinski definition) is 5. The van der Waals surface area contributed by atoms with Crippen LogP contribution in [0.2, 0.25) is 0 Å². The number of carbonyl (C=O) groups is 3. The average molecular weight is 269 g/mol. The molecule has 0 fully saturated rings. The number of carboxylic acid groups (broad SMARTS) is 1. The predicted molar refractivity (Wildman–Crippen MR) is 64.1 cm³/mol. The second kappa shape index (κ2) is 6.99. The van der Waals surface area contributed by atoms with Crippen molar-refractivity contribution < 1.29 is 19.5 Å². The van der Waals surface area contributed by atoms with E-state index in [1.54, 1.807) is 12.4 Å². The number of nitrogens with two attached hydrogens (primary N) is 1. The number of aromatic amines is 1. The van der Waals surface area contributed by atoms with Gasteiger partial charge in [-0.15, -0.1) is 0 Å². The van der Waals surface area contributed by atoms with Crippen molar-refractivity contribution in [3.05, 3.63) is 18.2 Å². The van der Waals surface area contributed by atoms with Gasteiger partial charge in [-0.2, -0.15) is 0 Å². The van der Waals surface area contributed by atoms with Gasteiger partial charge in [-0.25, -0.2) is 14.6 Å². The number of primary amides is 1. The van der Waals surface area contributed by atoms with Crippen molar-refractivity contribution in [1.82, 2.24) is 20.6 Å². The molecule has 9 nitrogen and oxygen atoms in total. The molecule has 0 radical (unpaired) electrons. The van der Waals surface area contributed by atoms with E-state index in [4.69, 9.17) is 10.8 Å². The van der Waals surface area contributed by atoms with Crippen LogP contribution in [-0.2, 0) is 16.0 Å². The minimum Gasteiger partial charge on any atom is -0.480 e. The van der Waals surface area contributed by atoms with Crippen LogP contribution in [0.25, 0.3) is 0 Å². The first kappa shape index (κ1) is 14.5. The molecular weight excluding hydrogens is 254 g/mol. The topological polar surface area (TPSA) is 150 Å². The summed E-state index contributed by atoms with van der Waals surface area (Å²) in [6.07, 6.45) is 3.26. The molecular formula is C10H15N5O4. The van der Waals surface area contributed by atoms with Gasteiger partial charge in [0.1, 0.15) is 11.9 Å². The summed E-state index contributed by atoms with van der Waals surface area (Å²) >= 11 is 0. The van der Waals surface area contributed by atoms with E-state index in [9.17, 15) is 14.4 Å². The Hall–Kier alpha value is -2.58. The van der Waals surface area contributed by atoms with Crippen molar-refractivity contribution in [2.24, 2.45) is 5.73 Å². The van der Waals surface area contributed by atoms with Crippen molar-refractivity contribution in [3.63, 3.8) is 0 Å². The number of urea groups is 1. The van der Waals surface area contributed by atoms with E-state index in [0.29, 0.717) is 12.2 Å². The second-order valence-electron chi connectivity index (χ2n) is 3.75. The Morgan fingerprint density at radius 2 is 2.21 bits per heavy atom. The Labute approximate surface area is 108 Å². The quantitative estimate of drug-likeness (QED) is 0.411. The molecule has 0 aliphatic rings. The zero-order valence-corrected chi connectivity index (χ0v) is 10.0. The van der Waals surface area contributed by atoms with Gasteiger partial charge in [-0.1, -0.05) is 0 Å². The molecule has 6 N–H and O–H groups in total. The molecule has 0 unspecified atom stereocenters. The highest BCUT2D eigenvalue weighted by molar-refractivity contribution is 5.87. The van der Waals surface area contributed by atoms with Crippen LogP contribution in [0.1, 0.15) is 12.2 Å². The number of imidazole rings is 1. The molecule has 0 aliphatic heterocycles. The Kier molecular flexibility index (Phi) is 5.33. The number of rotatable bonds is 7. The highest BCUT2D eigenvalue weighted by Gasteiger charge is 2.21. The van der Waals surface area contributed by atoms with Crippen LogP contribution >= 0.6 is 0 Å². The molecule has 3 amide bonds. The molecule has 0 aliphatic carbocycles. The number of carbonyl (C=O) groups excluding carboxylic acids is 2. The molecule has 9 heteroatoms. The van der Waals surface area contributed by atoms with Crippen LogP contribution < -0.4 is 16.4 Å². The average Bonchev–Trinajstić information content (AvgIpc) is 2.80. The van der Waals surface area contributed by atoms with Gasteiger partial charge in [0, 0.05) is 25.4 Å². The first-order chi connectivity index (χ1) is 8.99. The second-order valence-corrected chi connectivity index (χ2v) is 3.75. The summed E-state index contributed by atoms with van der Waals surface area (Å²) in [5, 5.41) is 13.4. The van der Waals surface area contributed by atoms with Gasteiger partial charge in [-0.05, 0) is 0 Å². The lowest BCUT2D eigenvalue weighted by Crippen LogP contribution is -2.48. The van der Waals surface area contributed by atoms with E-state index in [1.807, 2.05) is 0 Å². The van der Waals surface area contributed by atoms with Gasteiger partial charge in [0.15, 0.2) is 0 Å². The first-order valence-corrected chi connectivity index (χ1v) is 5.52. The molecule has 1 heterocycles. The number of carboxylic acids is 1. The maximum absolute atomic E-state index is 11.4. The highest BCUT2D eigenvalue weighted by Crippen LogP contribution is 1.92. The molecule has 0 saturated heterocycles. The Morgan fingerprint density at radius 1 is 1.47 bits per heavy atom. The fourth-order valence-corrected chi connectivity index (χ4v) is 1.34. The van der Waals surface area contributed by atoms with Crippen molar-refractivity contribution in [3.8, 4) is 0 Å². The van der Waals surface area contributed by atoms with Gasteiger partial charge in [0.05, 0.1) is 6.42 Å². The summed E-state index contributed by atoms with van der Waals surface area (Å²) in [6.45, 7) is 0.280. The number of aromatic nitrogens is 2. The molecule has 1 aromatic rings. The number of amides is 3. The summed E-state index contributed by atoms with van der Waals surface area (Å²) in [7, 11) is 0. The van der Waals surface area contributed by atoms with Crippen LogP contribution in [-0.4, -0.2) is 45.6 Å². The summed E-state index contributed by atoms with van der Waals surface area (Å²) in [5.41, 5.74) is 4.88. The lowest BCUT2D eigenvalue weighted by Gasteiger charge is -2.13. The van der Waals surface area contributed by atoms with Gasteiger partial charge in [0.25, 0.3) is 0 Å². The molecule has 0 saturated carbocycles. The monoisotopic (exact) mass is 269 g/mol. The van der Waals surface area contributed by atoms with Crippen LogP contribution in [0.5, 0.6) is 0 Å². The summed E-state index contributed by atoms with van der Waals surface area (Å²) < 4.78 is 0. The molecule has 0 aromatic carbocycles. The van der Waals surface area contributed by atoms with Crippen LogP contribution in [0, 0.1) is 0 Å². The molecule has 104 valence electrons. The van der Waals surface area contributed by atoms with E-state index in [0.717, 1.165) is 0 Å². The number of nitrogens with zero attached hydrogens (tertiary/aromatic N) is 1. The molecule has 1 aromatic heterocycles. The van der Waals surface area contributed by atoms with E-state index in [-0.39, 0.29) is 6.54 Å². The maximum Gasteiger partial charge on any atom is 0.326 e. The minimum atomic E-state index is -1.33. The van der Waals surface area contributed by atoms with Crippen LogP contribution in [0.15, 0.2) is 12.4 Å². The van der Waals surface area contributed by atoms with E-state index < -0.39 is 30.4 Å². The minimum absolute atomic E-state index is 0.280. The lowest BCUT2D eigenvalue weighted by molar-refractivity contribution is -0.140. The fourth-order valence-electron chi connectivity index (χ4n) is 1.34.